The predicted molar refractivity (Wildman–Crippen MR) is 181 cm³/mol. The van der Waals surface area contributed by atoms with Gasteiger partial charge in [0.2, 0.25) is 5.91 Å². The molecule has 0 aromatic heterocycles. The minimum absolute atomic E-state index is 0.0770. The summed E-state index contributed by atoms with van der Waals surface area (Å²) in [7, 11) is -4.31. The number of unbranched alkanes of at least 4 members (excludes halogenated alkanes) is 20. The van der Waals surface area contributed by atoms with E-state index in [0.717, 1.165) is 32.1 Å². The average Bonchev–Trinajstić information content (AvgIpc) is 3.00. The fraction of sp³-hybridized carbons (Fsp3) is 0.912. The van der Waals surface area contributed by atoms with E-state index >= 15 is 0 Å². The number of ether oxygens (including phenoxy) is 1. The minimum atomic E-state index is -4.31. The number of amides is 1. The van der Waals surface area contributed by atoms with E-state index in [9.17, 15) is 19.4 Å². The van der Waals surface area contributed by atoms with Crippen LogP contribution in [0, 0.1) is 0 Å². The minimum Gasteiger partial charge on any atom is -0.365 e. The maximum absolute atomic E-state index is 12.5. The lowest BCUT2D eigenvalue weighted by Crippen LogP contribution is -2.42. The van der Waals surface area contributed by atoms with Gasteiger partial charge in [-0.05, 0) is 25.3 Å². The van der Waals surface area contributed by atoms with Gasteiger partial charge in [0.25, 0.3) is 0 Å². The molecule has 0 aromatic carbocycles. The molecular weight excluding hydrogens is 579 g/mol. The van der Waals surface area contributed by atoms with E-state index in [1.54, 1.807) is 6.08 Å². The van der Waals surface area contributed by atoms with Crippen LogP contribution in [-0.4, -0.2) is 54.6 Å². The number of rotatable bonds is 34. The van der Waals surface area contributed by atoms with E-state index in [2.05, 4.69) is 19.2 Å². The van der Waals surface area contributed by atoms with Crippen LogP contribution in [0.3, 0.4) is 0 Å². The van der Waals surface area contributed by atoms with Gasteiger partial charge in [-0.3, -0.25) is 13.8 Å². The van der Waals surface area contributed by atoms with Crippen molar-refractivity contribution in [1.82, 2.24) is 5.32 Å². The summed E-state index contributed by atoms with van der Waals surface area (Å²) in [6, 6.07) is -0.720. The van der Waals surface area contributed by atoms with Gasteiger partial charge in [-0.1, -0.05) is 142 Å². The number of aliphatic hydroxyl groups is 1. The molecule has 9 nitrogen and oxygen atoms in total. The third-order valence-corrected chi connectivity index (χ3v) is 8.66. The summed E-state index contributed by atoms with van der Waals surface area (Å²) in [4.78, 5) is 22.3. The number of carbonyl (C=O) groups excluding carboxylic acids is 1. The van der Waals surface area contributed by atoms with Crippen molar-refractivity contribution in [1.29, 1.82) is 0 Å². The van der Waals surface area contributed by atoms with Gasteiger partial charge in [-0.15, -0.1) is 0 Å². The standard InChI is InChI=1S/C34H69N2O7P/c1-3-5-7-9-11-13-14-15-16-17-18-19-21-23-25-27-34(38)41-30-32(31-43-44(39,40)42-29-28-35)36-33(37)26-24-22-20-12-10-8-6-4-2/h25,27,32,34,38H,3-24,26,28-31,35H2,1-2H3,(H,36,37)(H,39,40)/b27-25+/t32-,34?/m1/s1. The summed E-state index contributed by atoms with van der Waals surface area (Å²) in [5.41, 5.74) is 5.33. The topological polar surface area (TPSA) is 140 Å². The van der Waals surface area contributed by atoms with Crippen molar-refractivity contribution in [3.05, 3.63) is 12.2 Å². The first-order valence-corrected chi connectivity index (χ1v) is 19.4. The molecule has 2 unspecified atom stereocenters. The summed E-state index contributed by atoms with van der Waals surface area (Å²) in [5.74, 6) is -0.184. The summed E-state index contributed by atoms with van der Waals surface area (Å²) >= 11 is 0. The first-order valence-electron chi connectivity index (χ1n) is 17.9. The molecule has 44 heavy (non-hydrogen) atoms. The molecule has 0 aliphatic rings. The summed E-state index contributed by atoms with van der Waals surface area (Å²) in [6.07, 6.45) is 29.7. The molecule has 0 spiro atoms. The number of aliphatic hydroxyl groups excluding tert-OH is 1. The van der Waals surface area contributed by atoms with Crippen LogP contribution in [0.25, 0.3) is 0 Å². The first-order chi connectivity index (χ1) is 21.3. The number of phosphoric ester groups is 1. The Morgan fingerprint density at radius 3 is 1.73 bits per heavy atom. The third-order valence-electron chi connectivity index (χ3n) is 7.68. The van der Waals surface area contributed by atoms with Gasteiger partial charge < -0.3 is 25.8 Å². The van der Waals surface area contributed by atoms with Gasteiger partial charge in [0.05, 0.1) is 25.9 Å². The van der Waals surface area contributed by atoms with E-state index < -0.39 is 20.2 Å². The summed E-state index contributed by atoms with van der Waals surface area (Å²) < 4.78 is 27.4. The number of nitrogens with one attached hydrogen (secondary N) is 1. The lowest BCUT2D eigenvalue weighted by molar-refractivity contribution is -0.124. The molecule has 0 aromatic rings. The highest BCUT2D eigenvalue weighted by Gasteiger charge is 2.24. The zero-order valence-electron chi connectivity index (χ0n) is 28.4. The van der Waals surface area contributed by atoms with E-state index in [1.807, 2.05) is 6.08 Å². The fourth-order valence-corrected chi connectivity index (χ4v) is 5.78. The number of carbonyl (C=O) groups is 1. The summed E-state index contributed by atoms with van der Waals surface area (Å²) in [6.45, 7) is 4.04. The number of nitrogens with two attached hydrogens (primary N) is 1. The Morgan fingerprint density at radius 1 is 0.750 bits per heavy atom. The highest BCUT2D eigenvalue weighted by molar-refractivity contribution is 7.47. The SMILES string of the molecule is CCCCCCCCCCCCCCC/C=C/C(O)OC[C@H](COP(=O)(O)OCCN)NC(=O)CCCCCCCCCC. The van der Waals surface area contributed by atoms with Gasteiger partial charge in [0.15, 0.2) is 6.29 Å². The average molecular weight is 649 g/mol. The van der Waals surface area contributed by atoms with Crippen LogP contribution in [0.4, 0.5) is 0 Å². The molecule has 0 saturated carbocycles. The van der Waals surface area contributed by atoms with E-state index in [0.29, 0.717) is 6.42 Å². The maximum Gasteiger partial charge on any atom is 0.472 e. The van der Waals surface area contributed by atoms with Crippen LogP contribution in [0.5, 0.6) is 0 Å². The van der Waals surface area contributed by atoms with Crippen LogP contribution in [0.15, 0.2) is 12.2 Å². The molecule has 0 heterocycles. The Labute approximate surface area is 270 Å². The highest BCUT2D eigenvalue weighted by Crippen LogP contribution is 2.42. The zero-order valence-corrected chi connectivity index (χ0v) is 29.3. The molecule has 0 rings (SSSR count). The maximum atomic E-state index is 12.5. The molecule has 3 atom stereocenters. The van der Waals surface area contributed by atoms with E-state index in [1.165, 1.54) is 109 Å². The van der Waals surface area contributed by atoms with Crippen molar-refractivity contribution in [2.24, 2.45) is 5.73 Å². The van der Waals surface area contributed by atoms with Crippen LogP contribution in [0.2, 0.25) is 0 Å². The molecule has 0 radical (unpaired) electrons. The zero-order chi connectivity index (χ0) is 32.6. The molecule has 5 N–H and O–H groups in total. The monoisotopic (exact) mass is 648 g/mol. The molecule has 1 amide bonds. The Morgan fingerprint density at radius 2 is 1.23 bits per heavy atom. The van der Waals surface area contributed by atoms with Crippen molar-refractivity contribution >= 4 is 13.7 Å². The Bertz CT molecular complexity index is 711. The van der Waals surface area contributed by atoms with Crippen molar-refractivity contribution in [2.75, 3.05) is 26.4 Å². The second-order valence-corrected chi connectivity index (χ2v) is 13.5. The molecule has 262 valence electrons. The molecule has 10 heteroatoms. The third kappa shape index (κ3) is 31.2. The Hall–Kier alpha value is -0.800. The molecule has 0 fully saturated rings. The lowest BCUT2D eigenvalue weighted by atomic mass is 10.0. The number of hydrogen-bond acceptors (Lipinski definition) is 7. The lowest BCUT2D eigenvalue weighted by Gasteiger charge is -2.21. The van der Waals surface area contributed by atoms with Gasteiger partial charge in [-0.25, -0.2) is 4.57 Å². The quantitative estimate of drug-likeness (QED) is 0.0236. The predicted octanol–water partition coefficient (Wildman–Crippen LogP) is 8.47. The highest BCUT2D eigenvalue weighted by atomic mass is 31.2. The van der Waals surface area contributed by atoms with E-state index in [-0.39, 0.29) is 32.3 Å². The molecule has 0 saturated heterocycles. The second kappa shape index (κ2) is 32.2. The molecular formula is C34H69N2O7P. The van der Waals surface area contributed by atoms with Crippen LogP contribution in [-0.2, 0) is 23.1 Å². The Kier molecular flexibility index (Phi) is 31.6. The first kappa shape index (κ1) is 43.2. The number of hydrogen-bond donors (Lipinski definition) is 4. The van der Waals surface area contributed by atoms with E-state index in [4.69, 9.17) is 19.5 Å². The van der Waals surface area contributed by atoms with Gasteiger partial charge >= 0.3 is 7.82 Å². The summed E-state index contributed by atoms with van der Waals surface area (Å²) in [5, 5.41) is 13.1. The smallest absolute Gasteiger partial charge is 0.365 e. The van der Waals surface area contributed by atoms with Crippen molar-refractivity contribution in [2.45, 2.75) is 174 Å². The van der Waals surface area contributed by atoms with Crippen molar-refractivity contribution in [3.8, 4) is 0 Å². The number of allylic oxidation sites excluding steroid dienone is 1. The van der Waals surface area contributed by atoms with Crippen LogP contribution >= 0.6 is 7.82 Å². The van der Waals surface area contributed by atoms with Crippen LogP contribution in [0.1, 0.15) is 162 Å². The normalized spacial score (nSPS) is 14.6. The fourth-order valence-electron chi connectivity index (χ4n) is 5.00. The molecule has 0 aliphatic heterocycles. The molecule has 0 bridgehead atoms. The van der Waals surface area contributed by atoms with Crippen molar-refractivity contribution < 1.29 is 33.1 Å². The Balaban J connectivity index is 4.24. The van der Waals surface area contributed by atoms with Crippen molar-refractivity contribution in [3.63, 3.8) is 0 Å². The van der Waals surface area contributed by atoms with Crippen LogP contribution < -0.4 is 11.1 Å². The van der Waals surface area contributed by atoms with Gasteiger partial charge in [-0.2, -0.15) is 0 Å². The largest absolute Gasteiger partial charge is 0.472 e. The van der Waals surface area contributed by atoms with Gasteiger partial charge in [0, 0.05) is 13.0 Å². The second-order valence-electron chi connectivity index (χ2n) is 12.1. The number of phosphoric acid groups is 1. The molecule has 0 aliphatic carbocycles. The van der Waals surface area contributed by atoms with Gasteiger partial charge in [0.1, 0.15) is 0 Å².